The molecule has 1 fully saturated rings. The van der Waals surface area contributed by atoms with Gasteiger partial charge >= 0.3 is 0 Å². The number of piperazine rings is 1. The zero-order valence-electron chi connectivity index (χ0n) is 12.4. The molecular formula is C15H24N4. The molecule has 104 valence electrons. The van der Waals surface area contributed by atoms with Gasteiger partial charge in [0, 0.05) is 32.4 Å². The molecule has 0 amide bonds. The quantitative estimate of drug-likeness (QED) is 0.787. The summed E-state index contributed by atoms with van der Waals surface area (Å²) in [5, 5.41) is 0. The molecule has 19 heavy (non-hydrogen) atoms. The van der Waals surface area contributed by atoms with E-state index in [2.05, 4.69) is 51.5 Å². The van der Waals surface area contributed by atoms with Crippen LogP contribution in [0.3, 0.4) is 0 Å². The lowest BCUT2D eigenvalue weighted by Gasteiger charge is -2.33. The summed E-state index contributed by atoms with van der Waals surface area (Å²) in [7, 11) is 2.18. The van der Waals surface area contributed by atoms with Crippen molar-refractivity contribution in [2.45, 2.75) is 20.8 Å². The van der Waals surface area contributed by atoms with Crippen molar-refractivity contribution in [3.63, 3.8) is 0 Å². The number of pyridine rings is 1. The van der Waals surface area contributed by atoms with Gasteiger partial charge in [-0.25, -0.2) is 4.98 Å². The third-order valence-electron chi connectivity index (χ3n) is 3.48. The van der Waals surface area contributed by atoms with Crippen molar-refractivity contribution in [3.05, 3.63) is 30.1 Å². The average Bonchev–Trinajstić information content (AvgIpc) is 2.85. The number of hydrogen-bond acceptors (Lipinski definition) is 3. The Hall–Kier alpha value is -1.55. The molecule has 0 aliphatic carbocycles. The molecule has 0 saturated carbocycles. The Balaban J connectivity index is 0.000000637. The number of anilines is 1. The lowest BCUT2D eigenvalue weighted by Crippen LogP contribution is -2.44. The van der Waals surface area contributed by atoms with Crippen LogP contribution in [0.2, 0.25) is 0 Å². The predicted molar refractivity (Wildman–Crippen MR) is 81.0 cm³/mol. The Labute approximate surface area is 115 Å². The summed E-state index contributed by atoms with van der Waals surface area (Å²) in [5.74, 6) is 1.22. The van der Waals surface area contributed by atoms with E-state index in [0.29, 0.717) is 0 Å². The molecule has 3 heterocycles. The minimum Gasteiger partial charge on any atom is -0.354 e. The summed E-state index contributed by atoms with van der Waals surface area (Å²) in [6.07, 6.45) is 4.10. The molecule has 0 aromatic carbocycles. The van der Waals surface area contributed by atoms with Crippen LogP contribution in [0.5, 0.6) is 0 Å². The first-order valence-electron chi connectivity index (χ1n) is 7.11. The van der Waals surface area contributed by atoms with Crippen LogP contribution in [0.25, 0.3) is 5.65 Å². The van der Waals surface area contributed by atoms with Gasteiger partial charge in [0.2, 0.25) is 0 Å². The number of rotatable bonds is 1. The molecule has 4 heteroatoms. The molecule has 0 N–H and O–H groups in total. The molecule has 1 saturated heterocycles. The van der Waals surface area contributed by atoms with E-state index in [0.717, 1.165) is 31.8 Å². The fourth-order valence-electron chi connectivity index (χ4n) is 2.34. The molecule has 0 radical (unpaired) electrons. The van der Waals surface area contributed by atoms with Crippen LogP contribution in [0.15, 0.2) is 24.5 Å². The highest BCUT2D eigenvalue weighted by molar-refractivity contribution is 5.53. The zero-order chi connectivity index (χ0) is 13.8. The monoisotopic (exact) mass is 260 g/mol. The molecule has 0 unspecified atom stereocenters. The number of imidazole rings is 1. The first kappa shape index (κ1) is 13.9. The number of likely N-dealkylation sites (N-methyl/N-ethyl adjacent to an activating group) is 1. The van der Waals surface area contributed by atoms with Gasteiger partial charge in [0.05, 0.1) is 6.20 Å². The van der Waals surface area contributed by atoms with Gasteiger partial charge in [-0.2, -0.15) is 0 Å². The maximum atomic E-state index is 4.48. The van der Waals surface area contributed by atoms with Crippen LogP contribution < -0.4 is 4.90 Å². The SMILES string of the molecule is CC.Cc1ccn2c(N3CCN(C)CC3)cnc2c1. The summed E-state index contributed by atoms with van der Waals surface area (Å²) < 4.78 is 2.18. The fraction of sp³-hybridized carbons (Fsp3) is 0.533. The van der Waals surface area contributed by atoms with Crippen molar-refractivity contribution in [3.8, 4) is 0 Å². The van der Waals surface area contributed by atoms with Gasteiger partial charge < -0.3 is 9.80 Å². The number of hydrogen-bond donors (Lipinski definition) is 0. The smallest absolute Gasteiger partial charge is 0.138 e. The maximum absolute atomic E-state index is 4.48. The van der Waals surface area contributed by atoms with Crippen molar-refractivity contribution in [1.82, 2.24) is 14.3 Å². The Morgan fingerprint density at radius 2 is 1.79 bits per heavy atom. The summed E-state index contributed by atoms with van der Waals surface area (Å²) in [4.78, 5) is 9.26. The van der Waals surface area contributed by atoms with Gasteiger partial charge in [0.15, 0.2) is 0 Å². The lowest BCUT2D eigenvalue weighted by atomic mass is 10.3. The van der Waals surface area contributed by atoms with Crippen molar-refractivity contribution >= 4 is 11.5 Å². The molecule has 0 spiro atoms. The van der Waals surface area contributed by atoms with Crippen LogP contribution in [-0.2, 0) is 0 Å². The molecule has 1 aliphatic heterocycles. The van der Waals surface area contributed by atoms with E-state index in [4.69, 9.17) is 0 Å². The summed E-state index contributed by atoms with van der Waals surface area (Å²) >= 11 is 0. The number of aryl methyl sites for hydroxylation is 1. The summed E-state index contributed by atoms with van der Waals surface area (Å²) in [6.45, 7) is 10.5. The van der Waals surface area contributed by atoms with Crippen LogP contribution in [0.1, 0.15) is 19.4 Å². The predicted octanol–water partition coefficient (Wildman–Crippen LogP) is 2.42. The molecule has 4 nitrogen and oxygen atoms in total. The number of aromatic nitrogens is 2. The average molecular weight is 260 g/mol. The second-order valence-corrected chi connectivity index (χ2v) is 4.84. The van der Waals surface area contributed by atoms with E-state index in [1.807, 2.05) is 20.0 Å². The molecule has 1 aliphatic rings. The Morgan fingerprint density at radius 1 is 1.11 bits per heavy atom. The van der Waals surface area contributed by atoms with Crippen LogP contribution in [0, 0.1) is 6.92 Å². The van der Waals surface area contributed by atoms with Gasteiger partial charge in [-0.15, -0.1) is 0 Å². The van der Waals surface area contributed by atoms with Crippen molar-refractivity contribution < 1.29 is 0 Å². The van der Waals surface area contributed by atoms with Crippen molar-refractivity contribution in [2.75, 3.05) is 38.1 Å². The van der Waals surface area contributed by atoms with E-state index in [1.54, 1.807) is 0 Å². The lowest BCUT2D eigenvalue weighted by molar-refractivity contribution is 0.312. The zero-order valence-corrected chi connectivity index (χ0v) is 12.4. The third kappa shape index (κ3) is 2.89. The molecule has 2 aromatic heterocycles. The number of fused-ring (bicyclic) bond motifs is 1. The minimum absolute atomic E-state index is 1.04. The second kappa shape index (κ2) is 6.06. The molecule has 0 bridgehead atoms. The van der Waals surface area contributed by atoms with Crippen molar-refractivity contribution in [1.29, 1.82) is 0 Å². The third-order valence-corrected chi connectivity index (χ3v) is 3.48. The summed E-state index contributed by atoms with van der Waals surface area (Å²) in [6, 6.07) is 4.26. The molecule has 0 atom stereocenters. The Bertz CT molecular complexity index is 524. The topological polar surface area (TPSA) is 23.8 Å². The highest BCUT2D eigenvalue weighted by Crippen LogP contribution is 2.18. The van der Waals surface area contributed by atoms with Crippen molar-refractivity contribution in [2.24, 2.45) is 0 Å². The standard InChI is InChI=1S/C13H18N4.C2H6/c1-11-3-4-17-12(9-11)14-10-13(17)16-7-5-15(2)6-8-16;1-2/h3-4,9-10H,5-8H2,1-2H3;1-2H3. The van der Waals surface area contributed by atoms with Gasteiger partial charge in [0.1, 0.15) is 11.5 Å². The highest BCUT2D eigenvalue weighted by atomic mass is 15.3. The van der Waals surface area contributed by atoms with E-state index < -0.39 is 0 Å². The second-order valence-electron chi connectivity index (χ2n) is 4.84. The normalized spacial score (nSPS) is 16.3. The first-order chi connectivity index (χ1) is 9.24. The molecule has 3 rings (SSSR count). The van der Waals surface area contributed by atoms with Gasteiger partial charge in [-0.05, 0) is 31.7 Å². The van der Waals surface area contributed by atoms with E-state index in [1.165, 1.54) is 11.4 Å². The molecule has 2 aromatic rings. The number of nitrogens with zero attached hydrogens (tertiary/aromatic N) is 4. The minimum atomic E-state index is 1.04. The molecular weight excluding hydrogens is 236 g/mol. The van der Waals surface area contributed by atoms with Gasteiger partial charge in [-0.3, -0.25) is 4.40 Å². The largest absolute Gasteiger partial charge is 0.354 e. The Kier molecular flexibility index (Phi) is 4.43. The Morgan fingerprint density at radius 3 is 2.47 bits per heavy atom. The van der Waals surface area contributed by atoms with Crippen LogP contribution in [-0.4, -0.2) is 47.5 Å². The van der Waals surface area contributed by atoms with E-state index >= 15 is 0 Å². The van der Waals surface area contributed by atoms with Crippen LogP contribution in [0.4, 0.5) is 5.82 Å². The maximum Gasteiger partial charge on any atom is 0.138 e. The fourth-order valence-corrected chi connectivity index (χ4v) is 2.34. The van der Waals surface area contributed by atoms with Crippen LogP contribution >= 0.6 is 0 Å². The summed E-state index contributed by atoms with van der Waals surface area (Å²) in [5.41, 5.74) is 2.30. The first-order valence-corrected chi connectivity index (χ1v) is 7.11. The highest BCUT2D eigenvalue weighted by Gasteiger charge is 2.17. The van der Waals surface area contributed by atoms with Gasteiger partial charge in [-0.1, -0.05) is 13.8 Å². The van der Waals surface area contributed by atoms with E-state index in [-0.39, 0.29) is 0 Å². The van der Waals surface area contributed by atoms with Gasteiger partial charge in [0.25, 0.3) is 0 Å². The van der Waals surface area contributed by atoms with E-state index in [9.17, 15) is 0 Å².